The van der Waals surface area contributed by atoms with Crippen LogP contribution in [0.3, 0.4) is 0 Å². The molecule has 1 aliphatic rings. The number of benzene rings is 2. The maximum Gasteiger partial charge on any atom is 0.251 e. The Labute approximate surface area is 140 Å². The number of para-hydroxylation sites is 2. The van der Waals surface area contributed by atoms with Crippen molar-refractivity contribution in [3.8, 4) is 5.69 Å². The van der Waals surface area contributed by atoms with E-state index in [0.29, 0.717) is 18.0 Å². The number of nitrogens with two attached hydrogens (primary N) is 1. The SMILES string of the molecule is NCC(NC(=O)c1ccc(-n2cnc3ccccc32)cc1)C1CC1. The highest BCUT2D eigenvalue weighted by Gasteiger charge is 2.31. The van der Waals surface area contributed by atoms with Gasteiger partial charge in [-0.2, -0.15) is 0 Å². The summed E-state index contributed by atoms with van der Waals surface area (Å²) < 4.78 is 2.02. The van der Waals surface area contributed by atoms with Crippen molar-refractivity contribution < 1.29 is 4.79 Å². The number of nitrogens with zero attached hydrogens (tertiary/aromatic N) is 2. The van der Waals surface area contributed by atoms with Gasteiger partial charge in [0.2, 0.25) is 0 Å². The van der Waals surface area contributed by atoms with E-state index in [1.165, 1.54) is 0 Å². The molecule has 5 nitrogen and oxygen atoms in total. The zero-order chi connectivity index (χ0) is 16.5. The van der Waals surface area contributed by atoms with E-state index >= 15 is 0 Å². The zero-order valence-corrected chi connectivity index (χ0v) is 13.4. The minimum absolute atomic E-state index is 0.0561. The molecular formula is C19H20N4O. The van der Waals surface area contributed by atoms with Crippen LogP contribution >= 0.6 is 0 Å². The van der Waals surface area contributed by atoms with Gasteiger partial charge in [0.15, 0.2) is 0 Å². The highest BCUT2D eigenvalue weighted by molar-refractivity contribution is 5.94. The third-order valence-electron chi connectivity index (χ3n) is 4.62. The molecule has 122 valence electrons. The fraction of sp³-hybridized carbons (Fsp3) is 0.263. The monoisotopic (exact) mass is 320 g/mol. The first-order valence-corrected chi connectivity index (χ1v) is 8.30. The molecule has 24 heavy (non-hydrogen) atoms. The molecule has 0 aliphatic heterocycles. The molecule has 0 bridgehead atoms. The molecule has 3 N–H and O–H groups in total. The Morgan fingerprint density at radius 3 is 2.67 bits per heavy atom. The van der Waals surface area contributed by atoms with Crippen molar-refractivity contribution in [2.45, 2.75) is 18.9 Å². The Morgan fingerprint density at radius 2 is 1.96 bits per heavy atom. The molecule has 5 heteroatoms. The topological polar surface area (TPSA) is 72.9 Å². The molecule has 0 radical (unpaired) electrons. The van der Waals surface area contributed by atoms with Crippen LogP contribution in [0.5, 0.6) is 0 Å². The molecule has 1 aliphatic carbocycles. The molecule has 0 saturated heterocycles. The van der Waals surface area contributed by atoms with Gasteiger partial charge in [-0.15, -0.1) is 0 Å². The Balaban J connectivity index is 1.55. The minimum atomic E-state index is -0.0561. The van der Waals surface area contributed by atoms with E-state index in [1.54, 1.807) is 6.33 Å². The Kier molecular flexibility index (Phi) is 3.78. The van der Waals surface area contributed by atoms with Crippen molar-refractivity contribution in [1.29, 1.82) is 0 Å². The van der Waals surface area contributed by atoms with E-state index < -0.39 is 0 Å². The Bertz CT molecular complexity index is 864. The number of carbonyl (C=O) groups is 1. The molecule has 1 atom stereocenters. The molecule has 1 heterocycles. The number of aromatic nitrogens is 2. The van der Waals surface area contributed by atoms with Crippen LogP contribution in [0.25, 0.3) is 16.7 Å². The van der Waals surface area contributed by atoms with Gasteiger partial charge < -0.3 is 11.1 Å². The molecular weight excluding hydrogens is 300 g/mol. The fourth-order valence-corrected chi connectivity index (χ4v) is 3.06. The van der Waals surface area contributed by atoms with Crippen molar-refractivity contribution in [3.05, 3.63) is 60.4 Å². The molecule has 3 aromatic rings. The van der Waals surface area contributed by atoms with Crippen LogP contribution < -0.4 is 11.1 Å². The highest BCUT2D eigenvalue weighted by Crippen LogP contribution is 2.32. The number of amides is 1. The molecule has 0 spiro atoms. The molecule has 1 fully saturated rings. The predicted octanol–water partition coefficient (Wildman–Crippen LogP) is 2.49. The van der Waals surface area contributed by atoms with Crippen LogP contribution in [-0.4, -0.2) is 28.0 Å². The maximum absolute atomic E-state index is 12.4. The second-order valence-electron chi connectivity index (χ2n) is 6.30. The predicted molar refractivity (Wildman–Crippen MR) is 94.1 cm³/mol. The lowest BCUT2D eigenvalue weighted by atomic mass is 10.1. The number of imidazole rings is 1. The van der Waals surface area contributed by atoms with Crippen LogP contribution in [-0.2, 0) is 0 Å². The first-order valence-electron chi connectivity index (χ1n) is 8.30. The summed E-state index contributed by atoms with van der Waals surface area (Å²) in [5.41, 5.74) is 9.40. The van der Waals surface area contributed by atoms with E-state index in [4.69, 9.17) is 5.73 Å². The Hall–Kier alpha value is -2.66. The standard InChI is InChI=1S/C19H20N4O/c20-11-17(13-5-6-13)22-19(24)14-7-9-15(10-8-14)23-12-21-16-3-1-2-4-18(16)23/h1-4,7-10,12-13,17H,5-6,11,20H2,(H,22,24). The molecule has 2 aromatic carbocycles. The average Bonchev–Trinajstić information content (AvgIpc) is 3.38. The van der Waals surface area contributed by atoms with Crippen molar-refractivity contribution in [2.24, 2.45) is 11.7 Å². The minimum Gasteiger partial charge on any atom is -0.348 e. The number of fused-ring (bicyclic) bond motifs is 1. The summed E-state index contributed by atoms with van der Waals surface area (Å²) in [5.74, 6) is 0.495. The first-order chi connectivity index (χ1) is 11.8. The van der Waals surface area contributed by atoms with E-state index in [0.717, 1.165) is 29.6 Å². The largest absolute Gasteiger partial charge is 0.348 e. The summed E-state index contributed by atoms with van der Waals surface area (Å²) in [6, 6.07) is 15.7. The van der Waals surface area contributed by atoms with Gasteiger partial charge in [0.05, 0.1) is 11.0 Å². The van der Waals surface area contributed by atoms with Gasteiger partial charge in [-0.3, -0.25) is 9.36 Å². The van der Waals surface area contributed by atoms with Gasteiger partial charge >= 0.3 is 0 Å². The van der Waals surface area contributed by atoms with Gasteiger partial charge in [0, 0.05) is 23.8 Å². The molecule has 1 saturated carbocycles. The van der Waals surface area contributed by atoms with Gasteiger partial charge in [-0.25, -0.2) is 4.98 Å². The quantitative estimate of drug-likeness (QED) is 0.758. The third kappa shape index (κ3) is 2.78. The van der Waals surface area contributed by atoms with Gasteiger partial charge in [-0.05, 0) is 55.2 Å². The van der Waals surface area contributed by atoms with Crippen molar-refractivity contribution in [1.82, 2.24) is 14.9 Å². The van der Waals surface area contributed by atoms with Crippen LogP contribution in [0.4, 0.5) is 0 Å². The highest BCUT2D eigenvalue weighted by atomic mass is 16.1. The summed E-state index contributed by atoms with van der Waals surface area (Å²) in [4.78, 5) is 16.8. The van der Waals surface area contributed by atoms with E-state index in [1.807, 2.05) is 53.1 Å². The van der Waals surface area contributed by atoms with E-state index in [2.05, 4.69) is 10.3 Å². The normalized spacial score (nSPS) is 15.4. The number of hydrogen-bond donors (Lipinski definition) is 2. The number of rotatable bonds is 5. The van der Waals surface area contributed by atoms with Crippen LogP contribution in [0.1, 0.15) is 23.2 Å². The lowest BCUT2D eigenvalue weighted by Crippen LogP contribution is -2.41. The van der Waals surface area contributed by atoms with Crippen molar-refractivity contribution >= 4 is 16.9 Å². The smallest absolute Gasteiger partial charge is 0.251 e. The summed E-state index contributed by atoms with van der Waals surface area (Å²) in [6.07, 6.45) is 4.13. The zero-order valence-electron chi connectivity index (χ0n) is 13.4. The average molecular weight is 320 g/mol. The number of carbonyl (C=O) groups excluding carboxylic acids is 1. The summed E-state index contributed by atoms with van der Waals surface area (Å²) in [5, 5.41) is 3.05. The lowest BCUT2D eigenvalue weighted by Gasteiger charge is -2.16. The maximum atomic E-state index is 12.4. The van der Waals surface area contributed by atoms with Gasteiger partial charge in [0.25, 0.3) is 5.91 Å². The molecule has 4 rings (SSSR count). The van der Waals surface area contributed by atoms with Crippen molar-refractivity contribution in [2.75, 3.05) is 6.54 Å². The Morgan fingerprint density at radius 1 is 1.21 bits per heavy atom. The van der Waals surface area contributed by atoms with Crippen molar-refractivity contribution in [3.63, 3.8) is 0 Å². The first kappa shape index (κ1) is 14.9. The second-order valence-corrected chi connectivity index (χ2v) is 6.30. The molecule has 1 amide bonds. The molecule has 1 unspecified atom stereocenters. The fourth-order valence-electron chi connectivity index (χ4n) is 3.06. The van der Waals surface area contributed by atoms with E-state index in [9.17, 15) is 4.79 Å². The van der Waals surface area contributed by atoms with Gasteiger partial charge in [0.1, 0.15) is 6.33 Å². The van der Waals surface area contributed by atoms with Crippen LogP contribution in [0.15, 0.2) is 54.9 Å². The van der Waals surface area contributed by atoms with Crippen LogP contribution in [0, 0.1) is 5.92 Å². The summed E-state index contributed by atoms with van der Waals surface area (Å²) in [6.45, 7) is 0.496. The van der Waals surface area contributed by atoms with Gasteiger partial charge in [-0.1, -0.05) is 12.1 Å². The van der Waals surface area contributed by atoms with Crippen LogP contribution in [0.2, 0.25) is 0 Å². The number of nitrogens with one attached hydrogen (secondary N) is 1. The summed E-state index contributed by atoms with van der Waals surface area (Å²) >= 11 is 0. The second kappa shape index (κ2) is 6.09. The molecule has 1 aromatic heterocycles. The third-order valence-corrected chi connectivity index (χ3v) is 4.62. The summed E-state index contributed by atoms with van der Waals surface area (Å²) in [7, 11) is 0. The van der Waals surface area contributed by atoms with E-state index in [-0.39, 0.29) is 11.9 Å². The number of hydrogen-bond acceptors (Lipinski definition) is 3. The lowest BCUT2D eigenvalue weighted by molar-refractivity contribution is 0.0933.